The van der Waals surface area contributed by atoms with Crippen LogP contribution in [0.3, 0.4) is 0 Å². The summed E-state index contributed by atoms with van der Waals surface area (Å²) in [6, 6.07) is 17.3. The van der Waals surface area contributed by atoms with E-state index in [0.717, 1.165) is 11.1 Å². The second-order valence-corrected chi connectivity index (χ2v) is 9.95. The number of piperidine rings is 1. The van der Waals surface area contributed by atoms with Crippen molar-refractivity contribution in [2.24, 2.45) is 0 Å². The van der Waals surface area contributed by atoms with E-state index in [0.29, 0.717) is 41.6 Å². The molecule has 2 heterocycles. The molecule has 0 atom stereocenters. The summed E-state index contributed by atoms with van der Waals surface area (Å²) in [5.74, 6) is 0.400. The fourth-order valence-electron chi connectivity index (χ4n) is 3.62. The quantitative estimate of drug-likeness (QED) is 0.610. The Labute approximate surface area is 186 Å². The first-order valence-electron chi connectivity index (χ1n) is 10.1. The van der Waals surface area contributed by atoms with Crippen molar-refractivity contribution in [1.29, 1.82) is 0 Å². The number of hydrogen-bond acceptors (Lipinski definition) is 4. The molecule has 6 nitrogen and oxygen atoms in total. The molecule has 0 unspecified atom stereocenters. The monoisotopic (exact) mass is 458 g/mol. The second kappa shape index (κ2) is 8.86. The molecule has 0 bridgehead atoms. The Hall–Kier alpha value is -2.61. The van der Waals surface area contributed by atoms with Gasteiger partial charge in [0, 0.05) is 24.7 Å². The third-order valence-electron chi connectivity index (χ3n) is 5.42. The van der Waals surface area contributed by atoms with Gasteiger partial charge in [0.05, 0.1) is 9.92 Å². The van der Waals surface area contributed by atoms with Crippen LogP contribution in [0.15, 0.2) is 70.0 Å². The van der Waals surface area contributed by atoms with Crippen LogP contribution in [0, 0.1) is 6.92 Å². The number of aryl methyl sites for hydroxylation is 1. The van der Waals surface area contributed by atoms with Gasteiger partial charge in [-0.2, -0.15) is 4.31 Å². The van der Waals surface area contributed by atoms with Gasteiger partial charge in [0.15, 0.2) is 5.76 Å². The third kappa shape index (κ3) is 4.69. The predicted molar refractivity (Wildman–Crippen MR) is 120 cm³/mol. The number of carbonyl (C=O) groups is 1. The summed E-state index contributed by atoms with van der Waals surface area (Å²) in [6.45, 7) is 2.62. The highest BCUT2D eigenvalue weighted by Gasteiger charge is 2.30. The summed E-state index contributed by atoms with van der Waals surface area (Å²) >= 11 is 6.19. The van der Waals surface area contributed by atoms with Crippen molar-refractivity contribution in [3.05, 3.63) is 77.0 Å². The minimum atomic E-state index is -3.52. The molecule has 2 aromatic carbocycles. The van der Waals surface area contributed by atoms with Crippen LogP contribution in [0.2, 0.25) is 5.02 Å². The lowest BCUT2D eigenvalue weighted by atomic mass is 10.1. The zero-order chi connectivity index (χ0) is 22.0. The van der Waals surface area contributed by atoms with E-state index in [2.05, 4.69) is 5.32 Å². The summed E-state index contributed by atoms with van der Waals surface area (Å²) in [5, 5.41) is 3.49. The molecule has 3 aromatic rings. The first-order valence-corrected chi connectivity index (χ1v) is 11.9. The molecule has 1 aliphatic rings. The zero-order valence-corrected chi connectivity index (χ0v) is 18.6. The molecule has 4 rings (SSSR count). The first kappa shape index (κ1) is 21.6. The standard InChI is InChI=1S/C23H23ClN2O4S/c1-16-6-8-18(9-7-16)31(28,29)26-14-12-17(13-15-26)25-23(27)22-11-10-21(30-22)19-4-2-3-5-20(19)24/h2-11,17H,12-15H2,1H3,(H,25,27). The highest BCUT2D eigenvalue weighted by atomic mass is 35.5. The van der Waals surface area contributed by atoms with E-state index in [9.17, 15) is 13.2 Å². The molecule has 0 saturated carbocycles. The van der Waals surface area contributed by atoms with Crippen molar-refractivity contribution in [2.75, 3.05) is 13.1 Å². The van der Waals surface area contributed by atoms with E-state index < -0.39 is 10.0 Å². The number of benzene rings is 2. The molecule has 162 valence electrons. The highest BCUT2D eigenvalue weighted by Crippen LogP contribution is 2.29. The van der Waals surface area contributed by atoms with Gasteiger partial charge in [0.2, 0.25) is 10.0 Å². The molecule has 1 fully saturated rings. The number of hydrogen-bond donors (Lipinski definition) is 1. The summed E-state index contributed by atoms with van der Waals surface area (Å²) in [4.78, 5) is 12.9. The average Bonchev–Trinajstić information content (AvgIpc) is 3.25. The van der Waals surface area contributed by atoms with Crippen molar-refractivity contribution in [3.63, 3.8) is 0 Å². The van der Waals surface area contributed by atoms with Gasteiger partial charge in [-0.25, -0.2) is 8.42 Å². The second-order valence-electron chi connectivity index (χ2n) is 7.61. The summed E-state index contributed by atoms with van der Waals surface area (Å²) < 4.78 is 32.8. The number of carbonyl (C=O) groups excluding carboxylic acids is 1. The maximum absolute atomic E-state index is 12.8. The van der Waals surface area contributed by atoms with Crippen LogP contribution in [-0.2, 0) is 10.0 Å². The van der Waals surface area contributed by atoms with E-state index in [1.54, 1.807) is 42.5 Å². The Balaban J connectivity index is 1.36. The number of rotatable bonds is 5. The molecule has 0 spiro atoms. The van der Waals surface area contributed by atoms with E-state index in [1.165, 1.54) is 4.31 Å². The molecule has 1 aromatic heterocycles. The predicted octanol–water partition coefficient (Wildman–Crippen LogP) is 4.49. The third-order valence-corrected chi connectivity index (χ3v) is 7.66. The normalized spacial score (nSPS) is 15.7. The van der Waals surface area contributed by atoms with Gasteiger partial charge >= 0.3 is 0 Å². The minimum absolute atomic E-state index is 0.120. The lowest BCUT2D eigenvalue weighted by Crippen LogP contribution is -2.46. The Kier molecular flexibility index (Phi) is 6.18. The van der Waals surface area contributed by atoms with Gasteiger partial charge in [-0.3, -0.25) is 4.79 Å². The lowest BCUT2D eigenvalue weighted by Gasteiger charge is -2.31. The fourth-order valence-corrected chi connectivity index (χ4v) is 5.32. The molecule has 1 aliphatic heterocycles. The number of amides is 1. The summed E-state index contributed by atoms with van der Waals surface area (Å²) in [5.41, 5.74) is 1.73. The number of halogens is 1. The fraction of sp³-hybridized carbons (Fsp3) is 0.261. The van der Waals surface area contributed by atoms with Crippen LogP contribution in [0.25, 0.3) is 11.3 Å². The van der Waals surface area contributed by atoms with Crippen molar-refractivity contribution < 1.29 is 17.6 Å². The molecule has 0 aliphatic carbocycles. The number of sulfonamides is 1. The number of nitrogens with one attached hydrogen (secondary N) is 1. The van der Waals surface area contributed by atoms with E-state index in [4.69, 9.17) is 16.0 Å². The number of furan rings is 1. The van der Waals surface area contributed by atoms with Crippen LogP contribution in [0.4, 0.5) is 0 Å². The topological polar surface area (TPSA) is 79.6 Å². The minimum Gasteiger partial charge on any atom is -0.451 e. The Morgan fingerprint density at radius 1 is 1.03 bits per heavy atom. The highest BCUT2D eigenvalue weighted by molar-refractivity contribution is 7.89. The average molecular weight is 459 g/mol. The van der Waals surface area contributed by atoms with E-state index in [-0.39, 0.29) is 17.7 Å². The molecule has 8 heteroatoms. The van der Waals surface area contributed by atoms with Gasteiger partial charge in [0.1, 0.15) is 5.76 Å². The van der Waals surface area contributed by atoms with Crippen LogP contribution in [0.1, 0.15) is 29.0 Å². The SMILES string of the molecule is Cc1ccc(S(=O)(=O)N2CCC(NC(=O)c3ccc(-c4ccccc4Cl)o3)CC2)cc1. The van der Waals surface area contributed by atoms with Crippen LogP contribution in [0.5, 0.6) is 0 Å². The van der Waals surface area contributed by atoms with Gasteiger partial charge in [0.25, 0.3) is 5.91 Å². The van der Waals surface area contributed by atoms with Gasteiger partial charge in [-0.1, -0.05) is 41.4 Å². The van der Waals surface area contributed by atoms with Crippen molar-refractivity contribution in [1.82, 2.24) is 9.62 Å². The molecular weight excluding hydrogens is 436 g/mol. The summed E-state index contributed by atoms with van der Waals surface area (Å²) in [7, 11) is -3.52. The lowest BCUT2D eigenvalue weighted by molar-refractivity contribution is 0.0896. The Bertz CT molecular complexity index is 1180. The smallest absolute Gasteiger partial charge is 0.287 e. The van der Waals surface area contributed by atoms with Crippen LogP contribution < -0.4 is 5.32 Å². The van der Waals surface area contributed by atoms with Crippen molar-refractivity contribution in [3.8, 4) is 11.3 Å². The van der Waals surface area contributed by atoms with Crippen molar-refractivity contribution >= 4 is 27.5 Å². The van der Waals surface area contributed by atoms with E-state index >= 15 is 0 Å². The maximum Gasteiger partial charge on any atom is 0.287 e. The van der Waals surface area contributed by atoms with E-state index in [1.807, 2.05) is 25.1 Å². The molecule has 1 N–H and O–H groups in total. The zero-order valence-electron chi connectivity index (χ0n) is 17.0. The Morgan fingerprint density at radius 3 is 2.39 bits per heavy atom. The van der Waals surface area contributed by atoms with Gasteiger partial charge in [-0.15, -0.1) is 0 Å². The van der Waals surface area contributed by atoms with Crippen LogP contribution in [-0.4, -0.2) is 37.8 Å². The van der Waals surface area contributed by atoms with Gasteiger partial charge in [-0.05, 0) is 56.2 Å². The summed E-state index contributed by atoms with van der Waals surface area (Å²) in [6.07, 6.45) is 1.07. The molecule has 0 radical (unpaired) electrons. The molecule has 1 amide bonds. The Morgan fingerprint density at radius 2 is 1.71 bits per heavy atom. The largest absolute Gasteiger partial charge is 0.451 e. The molecule has 1 saturated heterocycles. The number of nitrogens with zero attached hydrogens (tertiary/aromatic N) is 1. The van der Waals surface area contributed by atoms with Crippen LogP contribution >= 0.6 is 11.6 Å². The molecular formula is C23H23ClN2O4S. The first-order chi connectivity index (χ1) is 14.8. The maximum atomic E-state index is 12.8. The molecule has 31 heavy (non-hydrogen) atoms. The van der Waals surface area contributed by atoms with Crippen molar-refractivity contribution in [2.45, 2.75) is 30.7 Å². The van der Waals surface area contributed by atoms with Gasteiger partial charge < -0.3 is 9.73 Å².